The van der Waals surface area contributed by atoms with Crippen molar-refractivity contribution in [3.63, 3.8) is 0 Å². The lowest BCUT2D eigenvalue weighted by molar-refractivity contribution is 0.656. The molecule has 0 bridgehead atoms. The molecule has 0 amide bonds. The van der Waals surface area contributed by atoms with Gasteiger partial charge in [-0.1, -0.05) is 48.2 Å². The summed E-state index contributed by atoms with van der Waals surface area (Å²) in [6.07, 6.45) is 1.48. The summed E-state index contributed by atoms with van der Waals surface area (Å²) in [5.74, 6) is 0.470. The predicted molar refractivity (Wildman–Crippen MR) is 93.5 cm³/mol. The minimum atomic E-state index is 0.470. The molecule has 0 saturated heterocycles. The first-order valence-corrected chi connectivity index (χ1v) is 8.22. The van der Waals surface area contributed by atoms with Gasteiger partial charge in [-0.15, -0.1) is 0 Å². The lowest BCUT2D eigenvalue weighted by atomic mass is 10.1. The molecule has 0 aliphatic carbocycles. The number of aromatic nitrogens is 4. The summed E-state index contributed by atoms with van der Waals surface area (Å²) in [5, 5.41) is 8.75. The van der Waals surface area contributed by atoms with Crippen LogP contribution in [0.5, 0.6) is 0 Å². The van der Waals surface area contributed by atoms with Gasteiger partial charge in [0.1, 0.15) is 17.2 Å². The van der Waals surface area contributed by atoms with Gasteiger partial charge in [0.2, 0.25) is 0 Å². The Bertz CT molecular complexity index is 1000. The molecule has 0 aliphatic heterocycles. The van der Waals surface area contributed by atoms with Gasteiger partial charge < -0.3 is 5.73 Å². The lowest BCUT2D eigenvalue weighted by Crippen LogP contribution is -1.98. The number of hydrogen-bond donors (Lipinski definition) is 1. The Morgan fingerprint density at radius 1 is 1.09 bits per heavy atom. The fraction of sp³-hybridized carbons (Fsp3) is 0.118. The van der Waals surface area contributed by atoms with Crippen molar-refractivity contribution >= 4 is 39.4 Å². The number of nitrogens with two attached hydrogens (primary N) is 1. The monoisotopic (exact) mass is 321 g/mol. The van der Waals surface area contributed by atoms with Gasteiger partial charge in [-0.25, -0.2) is 14.6 Å². The zero-order valence-electron chi connectivity index (χ0n) is 12.6. The van der Waals surface area contributed by atoms with Crippen LogP contribution in [-0.4, -0.2) is 19.7 Å². The van der Waals surface area contributed by atoms with E-state index in [-0.39, 0.29) is 0 Å². The second kappa shape index (κ2) is 5.55. The second-order valence-electron chi connectivity index (χ2n) is 5.16. The van der Waals surface area contributed by atoms with Crippen LogP contribution in [0, 0.1) is 0 Å². The summed E-state index contributed by atoms with van der Waals surface area (Å²) >= 11 is 1.60. The molecule has 0 spiro atoms. The van der Waals surface area contributed by atoms with Crippen LogP contribution < -0.4 is 5.73 Å². The molecule has 0 radical (unpaired) electrons. The summed E-state index contributed by atoms with van der Waals surface area (Å²) in [6, 6.07) is 14.6. The summed E-state index contributed by atoms with van der Waals surface area (Å²) in [7, 11) is 0. The fourth-order valence-electron chi connectivity index (χ4n) is 2.68. The number of anilines is 1. The minimum absolute atomic E-state index is 0.470. The Kier molecular flexibility index (Phi) is 3.38. The number of nitrogen functional groups attached to an aromatic ring is 1. The molecular formula is C17H15N5S. The van der Waals surface area contributed by atoms with Crippen molar-refractivity contribution in [2.45, 2.75) is 23.4 Å². The topological polar surface area (TPSA) is 69.6 Å². The lowest BCUT2D eigenvalue weighted by Gasteiger charge is -2.04. The van der Waals surface area contributed by atoms with Crippen LogP contribution in [0.3, 0.4) is 0 Å². The van der Waals surface area contributed by atoms with Crippen molar-refractivity contribution in [2.75, 3.05) is 5.73 Å². The Balaban J connectivity index is 1.90. The highest BCUT2D eigenvalue weighted by Crippen LogP contribution is 2.37. The smallest absolute Gasteiger partial charge is 0.164 e. The highest BCUT2D eigenvalue weighted by molar-refractivity contribution is 7.99. The van der Waals surface area contributed by atoms with Gasteiger partial charge in [0.15, 0.2) is 5.65 Å². The number of benzene rings is 2. The third-order valence-corrected chi connectivity index (χ3v) is 4.84. The molecule has 4 aromatic rings. The van der Waals surface area contributed by atoms with E-state index in [1.807, 2.05) is 23.7 Å². The van der Waals surface area contributed by atoms with E-state index >= 15 is 0 Å². The maximum absolute atomic E-state index is 6.07. The van der Waals surface area contributed by atoms with Crippen LogP contribution in [0.1, 0.15) is 6.92 Å². The SMILES string of the molecule is CCn1nc(Sc2cccc3ccccc23)c2c(N)ncnc21. The Morgan fingerprint density at radius 2 is 1.91 bits per heavy atom. The van der Waals surface area contributed by atoms with Crippen molar-refractivity contribution in [3.8, 4) is 0 Å². The largest absolute Gasteiger partial charge is 0.383 e. The summed E-state index contributed by atoms with van der Waals surface area (Å²) in [4.78, 5) is 9.60. The van der Waals surface area contributed by atoms with Crippen molar-refractivity contribution < 1.29 is 0 Å². The summed E-state index contributed by atoms with van der Waals surface area (Å²) < 4.78 is 1.86. The van der Waals surface area contributed by atoms with Gasteiger partial charge in [-0.2, -0.15) is 5.10 Å². The average Bonchev–Trinajstić information content (AvgIpc) is 2.94. The highest BCUT2D eigenvalue weighted by atomic mass is 32.2. The molecule has 0 unspecified atom stereocenters. The van der Waals surface area contributed by atoms with Crippen molar-refractivity contribution in [1.82, 2.24) is 19.7 Å². The maximum atomic E-state index is 6.07. The first-order valence-electron chi connectivity index (χ1n) is 7.40. The molecule has 0 atom stereocenters. The van der Waals surface area contributed by atoms with E-state index in [4.69, 9.17) is 5.73 Å². The van der Waals surface area contributed by atoms with E-state index in [0.717, 1.165) is 27.5 Å². The van der Waals surface area contributed by atoms with E-state index in [9.17, 15) is 0 Å². The molecule has 0 saturated carbocycles. The van der Waals surface area contributed by atoms with Gasteiger partial charge in [-0.3, -0.25) is 0 Å². The van der Waals surface area contributed by atoms with Crippen LogP contribution in [0.15, 0.2) is 58.7 Å². The summed E-state index contributed by atoms with van der Waals surface area (Å²) in [5.41, 5.74) is 6.85. The number of aryl methyl sites for hydroxylation is 1. The standard InChI is InChI=1S/C17H15N5S/c1-2-22-16-14(15(18)19-10-20-16)17(21-22)23-13-9-5-7-11-6-3-4-8-12(11)13/h3-10H,2H2,1H3,(H2,18,19,20). The molecule has 114 valence electrons. The van der Waals surface area contributed by atoms with E-state index in [1.54, 1.807) is 11.8 Å². The molecule has 23 heavy (non-hydrogen) atoms. The molecule has 0 fully saturated rings. The van der Waals surface area contributed by atoms with Crippen molar-refractivity contribution in [3.05, 3.63) is 48.8 Å². The fourth-order valence-corrected chi connectivity index (χ4v) is 3.77. The number of fused-ring (bicyclic) bond motifs is 2. The first-order chi connectivity index (χ1) is 11.3. The molecule has 0 aliphatic rings. The van der Waals surface area contributed by atoms with Crippen LogP contribution in [0.25, 0.3) is 21.8 Å². The highest BCUT2D eigenvalue weighted by Gasteiger charge is 2.16. The molecule has 2 heterocycles. The third-order valence-electron chi connectivity index (χ3n) is 3.78. The Labute approximate surface area is 137 Å². The molecular weight excluding hydrogens is 306 g/mol. The Hall–Kier alpha value is -2.60. The average molecular weight is 321 g/mol. The van der Waals surface area contributed by atoms with E-state index in [2.05, 4.69) is 45.4 Å². The van der Waals surface area contributed by atoms with Gasteiger partial charge in [0.25, 0.3) is 0 Å². The number of rotatable bonds is 3. The molecule has 5 nitrogen and oxygen atoms in total. The molecule has 2 aromatic heterocycles. The van der Waals surface area contributed by atoms with Crippen molar-refractivity contribution in [2.24, 2.45) is 0 Å². The molecule has 2 aromatic carbocycles. The van der Waals surface area contributed by atoms with Gasteiger partial charge >= 0.3 is 0 Å². The minimum Gasteiger partial charge on any atom is -0.383 e. The zero-order chi connectivity index (χ0) is 15.8. The zero-order valence-corrected chi connectivity index (χ0v) is 13.4. The van der Waals surface area contributed by atoms with Crippen LogP contribution in [-0.2, 0) is 6.54 Å². The molecule has 4 rings (SSSR count). The van der Waals surface area contributed by atoms with Crippen LogP contribution >= 0.6 is 11.8 Å². The van der Waals surface area contributed by atoms with Gasteiger partial charge in [0, 0.05) is 11.4 Å². The number of nitrogens with zero attached hydrogens (tertiary/aromatic N) is 4. The first kappa shape index (κ1) is 14.0. The van der Waals surface area contributed by atoms with E-state index in [0.29, 0.717) is 5.82 Å². The van der Waals surface area contributed by atoms with Gasteiger partial charge in [0.05, 0.1) is 5.39 Å². The second-order valence-corrected chi connectivity index (χ2v) is 6.19. The van der Waals surface area contributed by atoms with Gasteiger partial charge in [-0.05, 0) is 23.8 Å². The van der Waals surface area contributed by atoms with Crippen LogP contribution in [0.2, 0.25) is 0 Å². The van der Waals surface area contributed by atoms with Crippen LogP contribution in [0.4, 0.5) is 5.82 Å². The third kappa shape index (κ3) is 2.31. The maximum Gasteiger partial charge on any atom is 0.164 e. The summed E-state index contributed by atoms with van der Waals surface area (Å²) in [6.45, 7) is 2.78. The Morgan fingerprint density at radius 3 is 2.78 bits per heavy atom. The molecule has 6 heteroatoms. The van der Waals surface area contributed by atoms with E-state index in [1.165, 1.54) is 17.1 Å². The predicted octanol–water partition coefficient (Wildman–Crippen LogP) is 3.73. The quantitative estimate of drug-likeness (QED) is 0.622. The van der Waals surface area contributed by atoms with E-state index < -0.39 is 0 Å². The number of hydrogen-bond acceptors (Lipinski definition) is 5. The molecule has 2 N–H and O–H groups in total. The van der Waals surface area contributed by atoms with Crippen molar-refractivity contribution in [1.29, 1.82) is 0 Å². The normalized spacial score (nSPS) is 11.3.